The van der Waals surface area contributed by atoms with Crippen molar-refractivity contribution in [3.8, 4) is 0 Å². The molecule has 1 amide bonds. The van der Waals surface area contributed by atoms with E-state index in [2.05, 4.69) is 10.3 Å². The fourth-order valence-electron chi connectivity index (χ4n) is 1.73. The van der Waals surface area contributed by atoms with Crippen LogP contribution in [0.4, 0.5) is 5.69 Å². The van der Waals surface area contributed by atoms with Gasteiger partial charge >= 0.3 is 0 Å². The Morgan fingerprint density at radius 2 is 2.21 bits per heavy atom. The van der Waals surface area contributed by atoms with E-state index < -0.39 is 0 Å². The highest BCUT2D eigenvalue weighted by molar-refractivity contribution is 5.92. The monoisotopic (exact) mass is 259 g/mol. The first kappa shape index (κ1) is 13.1. The molecule has 5 heteroatoms. The molecule has 0 bridgehead atoms. The Labute approximate surface area is 112 Å². The Balaban J connectivity index is 2.13. The summed E-state index contributed by atoms with van der Waals surface area (Å²) in [5.41, 5.74) is 1.26. The summed E-state index contributed by atoms with van der Waals surface area (Å²) in [4.78, 5) is 17.4. The minimum atomic E-state index is -0.116. The molecule has 2 aromatic heterocycles. The Kier molecular flexibility index (Phi) is 3.85. The molecule has 1 N–H and O–H groups in total. The lowest BCUT2D eigenvalue weighted by Crippen LogP contribution is -2.22. The van der Waals surface area contributed by atoms with Crippen LogP contribution in [0.15, 0.2) is 41.1 Å². The smallest absolute Gasteiger partial charge is 0.272 e. The predicted octanol–water partition coefficient (Wildman–Crippen LogP) is 2.55. The molecular formula is C14H17N3O2. The molecular weight excluding hydrogens is 242 g/mol. The summed E-state index contributed by atoms with van der Waals surface area (Å²) in [5.74, 6) is 0.728. The Morgan fingerprint density at radius 1 is 1.42 bits per heavy atom. The second kappa shape index (κ2) is 5.56. The van der Waals surface area contributed by atoms with Crippen molar-refractivity contribution in [1.29, 1.82) is 0 Å². The maximum atomic E-state index is 11.8. The molecule has 2 heterocycles. The van der Waals surface area contributed by atoms with Crippen LogP contribution >= 0.6 is 0 Å². The molecule has 0 fully saturated rings. The van der Waals surface area contributed by atoms with Crippen LogP contribution in [0.2, 0.25) is 0 Å². The van der Waals surface area contributed by atoms with Crippen molar-refractivity contribution in [2.45, 2.75) is 13.0 Å². The first-order valence-corrected chi connectivity index (χ1v) is 6.05. The number of anilines is 1. The van der Waals surface area contributed by atoms with Gasteiger partial charge in [-0.15, -0.1) is 0 Å². The van der Waals surface area contributed by atoms with Crippen LogP contribution in [0.3, 0.4) is 0 Å². The van der Waals surface area contributed by atoms with Gasteiger partial charge in [0, 0.05) is 26.0 Å². The number of hydrogen-bond donors (Lipinski definition) is 1. The summed E-state index contributed by atoms with van der Waals surface area (Å²) in [5, 5.41) is 3.27. The summed E-state index contributed by atoms with van der Waals surface area (Å²) in [6, 6.07) is 7.35. The Bertz CT molecular complexity index is 550. The number of carbonyl (C=O) groups excluding carboxylic acids is 1. The van der Waals surface area contributed by atoms with Crippen molar-refractivity contribution >= 4 is 11.6 Å². The number of carbonyl (C=O) groups is 1. The quantitative estimate of drug-likeness (QED) is 0.916. The molecule has 100 valence electrons. The molecule has 0 radical (unpaired) electrons. The maximum Gasteiger partial charge on any atom is 0.272 e. The number of pyridine rings is 1. The van der Waals surface area contributed by atoms with Gasteiger partial charge in [0.05, 0.1) is 12.3 Å². The molecule has 0 aliphatic heterocycles. The van der Waals surface area contributed by atoms with Crippen LogP contribution in [0.1, 0.15) is 29.2 Å². The second-order valence-corrected chi connectivity index (χ2v) is 4.51. The van der Waals surface area contributed by atoms with Gasteiger partial charge in [-0.25, -0.2) is 0 Å². The van der Waals surface area contributed by atoms with Crippen molar-refractivity contribution < 1.29 is 9.21 Å². The topological polar surface area (TPSA) is 58.4 Å². The lowest BCUT2D eigenvalue weighted by Gasteiger charge is -2.14. The predicted molar refractivity (Wildman–Crippen MR) is 73.0 cm³/mol. The molecule has 5 nitrogen and oxygen atoms in total. The van der Waals surface area contributed by atoms with E-state index in [0.29, 0.717) is 5.69 Å². The number of furan rings is 1. The van der Waals surface area contributed by atoms with Gasteiger partial charge in [0.1, 0.15) is 11.5 Å². The SMILES string of the molecule is CC(Nc1ccnc(C(=O)N(C)C)c1)c1ccco1. The number of aromatic nitrogens is 1. The standard InChI is InChI=1S/C14H17N3O2/c1-10(13-5-4-8-19-13)16-11-6-7-15-12(9-11)14(18)17(2)3/h4-10H,1-3H3,(H,15,16). The molecule has 19 heavy (non-hydrogen) atoms. The lowest BCUT2D eigenvalue weighted by atomic mass is 10.2. The van der Waals surface area contributed by atoms with Gasteiger partial charge in [-0.2, -0.15) is 0 Å². The van der Waals surface area contributed by atoms with E-state index >= 15 is 0 Å². The van der Waals surface area contributed by atoms with Gasteiger partial charge in [-0.1, -0.05) is 0 Å². The highest BCUT2D eigenvalue weighted by atomic mass is 16.3. The van der Waals surface area contributed by atoms with Crippen molar-refractivity contribution in [2.24, 2.45) is 0 Å². The van der Waals surface area contributed by atoms with Crippen molar-refractivity contribution in [2.75, 3.05) is 19.4 Å². The average molecular weight is 259 g/mol. The zero-order valence-electron chi connectivity index (χ0n) is 11.3. The number of rotatable bonds is 4. The third-order valence-electron chi connectivity index (χ3n) is 2.74. The van der Waals surface area contributed by atoms with Gasteiger partial charge < -0.3 is 14.6 Å². The van der Waals surface area contributed by atoms with E-state index in [1.54, 1.807) is 32.6 Å². The highest BCUT2D eigenvalue weighted by Gasteiger charge is 2.12. The van der Waals surface area contributed by atoms with E-state index in [0.717, 1.165) is 11.4 Å². The average Bonchev–Trinajstić information content (AvgIpc) is 2.92. The summed E-state index contributed by atoms with van der Waals surface area (Å²) < 4.78 is 5.33. The lowest BCUT2D eigenvalue weighted by molar-refractivity contribution is 0.0822. The third-order valence-corrected chi connectivity index (χ3v) is 2.74. The highest BCUT2D eigenvalue weighted by Crippen LogP contribution is 2.19. The zero-order valence-corrected chi connectivity index (χ0v) is 11.3. The van der Waals surface area contributed by atoms with Crippen LogP contribution in [0.5, 0.6) is 0 Å². The van der Waals surface area contributed by atoms with Crippen LogP contribution in [0.25, 0.3) is 0 Å². The van der Waals surface area contributed by atoms with E-state index in [1.165, 1.54) is 4.90 Å². The number of nitrogens with one attached hydrogen (secondary N) is 1. The third kappa shape index (κ3) is 3.13. The Morgan fingerprint density at radius 3 is 2.84 bits per heavy atom. The van der Waals surface area contributed by atoms with E-state index in [1.807, 2.05) is 25.1 Å². The first-order valence-electron chi connectivity index (χ1n) is 6.05. The first-order chi connectivity index (χ1) is 9.08. The number of hydrogen-bond acceptors (Lipinski definition) is 4. The van der Waals surface area contributed by atoms with Gasteiger partial charge in [0.2, 0.25) is 0 Å². The molecule has 0 saturated heterocycles. The summed E-state index contributed by atoms with van der Waals surface area (Å²) >= 11 is 0. The van der Waals surface area contributed by atoms with Crippen LogP contribution in [0, 0.1) is 0 Å². The summed E-state index contributed by atoms with van der Waals surface area (Å²) in [6.45, 7) is 1.99. The van der Waals surface area contributed by atoms with Crippen molar-refractivity contribution in [1.82, 2.24) is 9.88 Å². The summed E-state index contributed by atoms with van der Waals surface area (Å²) in [6.07, 6.45) is 3.26. The molecule has 0 spiro atoms. The van der Waals surface area contributed by atoms with Gasteiger partial charge in [-0.05, 0) is 31.2 Å². The minimum absolute atomic E-state index is 0.0275. The summed E-state index contributed by atoms with van der Waals surface area (Å²) in [7, 11) is 3.41. The van der Waals surface area contributed by atoms with Gasteiger partial charge in [0.25, 0.3) is 5.91 Å². The van der Waals surface area contributed by atoms with Crippen LogP contribution in [-0.4, -0.2) is 29.9 Å². The molecule has 0 aliphatic carbocycles. The molecule has 1 unspecified atom stereocenters. The molecule has 2 aromatic rings. The second-order valence-electron chi connectivity index (χ2n) is 4.51. The molecule has 0 saturated carbocycles. The molecule has 1 atom stereocenters. The number of amides is 1. The van der Waals surface area contributed by atoms with Gasteiger partial charge in [-0.3, -0.25) is 9.78 Å². The fraction of sp³-hybridized carbons (Fsp3) is 0.286. The van der Waals surface area contributed by atoms with E-state index in [-0.39, 0.29) is 11.9 Å². The largest absolute Gasteiger partial charge is 0.467 e. The fourth-order valence-corrected chi connectivity index (χ4v) is 1.73. The van der Waals surface area contributed by atoms with E-state index in [9.17, 15) is 4.79 Å². The minimum Gasteiger partial charge on any atom is -0.467 e. The zero-order chi connectivity index (χ0) is 13.8. The van der Waals surface area contributed by atoms with E-state index in [4.69, 9.17) is 4.42 Å². The molecule has 2 rings (SSSR count). The van der Waals surface area contributed by atoms with Crippen molar-refractivity contribution in [3.63, 3.8) is 0 Å². The van der Waals surface area contributed by atoms with Crippen LogP contribution < -0.4 is 5.32 Å². The van der Waals surface area contributed by atoms with Crippen LogP contribution in [-0.2, 0) is 0 Å². The number of nitrogens with zero attached hydrogens (tertiary/aromatic N) is 2. The van der Waals surface area contributed by atoms with Crippen molar-refractivity contribution in [3.05, 3.63) is 48.2 Å². The normalized spacial score (nSPS) is 11.9. The maximum absolute atomic E-state index is 11.8. The Hall–Kier alpha value is -2.30. The molecule has 0 aliphatic rings. The molecule has 0 aromatic carbocycles. The van der Waals surface area contributed by atoms with Gasteiger partial charge in [0.15, 0.2) is 0 Å².